The van der Waals surface area contributed by atoms with E-state index in [0.717, 1.165) is 32.4 Å². The van der Waals surface area contributed by atoms with E-state index in [2.05, 4.69) is 4.40 Å². The van der Waals surface area contributed by atoms with Gasteiger partial charge < -0.3 is 4.90 Å². The Bertz CT molecular complexity index is 1030. The van der Waals surface area contributed by atoms with Crippen LogP contribution in [0.3, 0.4) is 0 Å². The summed E-state index contributed by atoms with van der Waals surface area (Å²) in [5.41, 5.74) is 1.91. The van der Waals surface area contributed by atoms with E-state index >= 15 is 0 Å². The van der Waals surface area contributed by atoms with Crippen molar-refractivity contribution >= 4 is 21.5 Å². The zero-order valence-electron chi connectivity index (χ0n) is 14.8. The molecule has 1 aliphatic heterocycles. The zero-order chi connectivity index (χ0) is 18.9. The number of fused-ring (bicyclic) bond motifs is 1. The van der Waals surface area contributed by atoms with E-state index in [9.17, 15) is 13.2 Å². The lowest BCUT2D eigenvalue weighted by Gasteiger charge is -2.32. The fourth-order valence-corrected chi connectivity index (χ4v) is 4.55. The molecule has 2 aromatic rings. The minimum absolute atomic E-state index is 0.0661. The van der Waals surface area contributed by atoms with Crippen LogP contribution in [0.25, 0.3) is 0 Å². The number of benzene rings is 2. The molecule has 0 N–H and O–H groups in total. The highest BCUT2D eigenvalue weighted by molar-refractivity contribution is 7.90. The van der Waals surface area contributed by atoms with Crippen molar-refractivity contribution in [3.05, 3.63) is 77.5 Å². The van der Waals surface area contributed by atoms with Crippen LogP contribution < -0.4 is 0 Å². The molecular weight excluding hydrogens is 360 g/mol. The Morgan fingerprint density at radius 3 is 2.15 bits per heavy atom. The second kappa shape index (κ2) is 7.12. The molecule has 0 bridgehead atoms. The van der Waals surface area contributed by atoms with Crippen LogP contribution >= 0.6 is 0 Å². The van der Waals surface area contributed by atoms with Crippen molar-refractivity contribution < 1.29 is 13.2 Å². The summed E-state index contributed by atoms with van der Waals surface area (Å²) in [5, 5.41) is 0. The van der Waals surface area contributed by atoms with Gasteiger partial charge in [-0.15, -0.1) is 0 Å². The summed E-state index contributed by atoms with van der Waals surface area (Å²) in [7, 11) is -3.86. The predicted octanol–water partition coefficient (Wildman–Crippen LogP) is 3.43. The van der Waals surface area contributed by atoms with E-state index in [0.29, 0.717) is 22.5 Å². The number of Topliss-reactive ketones (excluding diaryl/α,β-unsaturated/α-hetero) is 1. The van der Waals surface area contributed by atoms with Crippen LogP contribution in [-0.4, -0.2) is 37.9 Å². The number of nitrogens with zero attached hydrogens (tertiary/aromatic N) is 2. The van der Waals surface area contributed by atoms with Gasteiger partial charge >= 0.3 is 0 Å². The summed E-state index contributed by atoms with van der Waals surface area (Å²) in [6.45, 7) is 1.61. The lowest BCUT2D eigenvalue weighted by atomic mass is 9.91. The first-order valence-electron chi connectivity index (χ1n) is 9.07. The van der Waals surface area contributed by atoms with Crippen molar-refractivity contribution in [2.24, 2.45) is 4.40 Å². The van der Waals surface area contributed by atoms with Crippen LogP contribution in [0, 0.1) is 0 Å². The predicted molar refractivity (Wildman–Crippen MR) is 104 cm³/mol. The first-order chi connectivity index (χ1) is 13.1. The molecule has 1 heterocycles. The maximum absolute atomic E-state index is 13.0. The maximum atomic E-state index is 13.0. The van der Waals surface area contributed by atoms with Gasteiger partial charge in [0.05, 0.1) is 16.3 Å². The van der Waals surface area contributed by atoms with Crippen molar-refractivity contribution in [2.45, 2.75) is 24.2 Å². The van der Waals surface area contributed by atoms with E-state index in [4.69, 9.17) is 0 Å². The molecule has 5 nitrogen and oxygen atoms in total. The Morgan fingerprint density at radius 1 is 0.815 bits per heavy atom. The molecule has 138 valence electrons. The SMILES string of the molecule is O=C1C(N2CCCCC2)=C/C(=N/S(=O)(=O)c2ccccc2)c2ccccc21. The van der Waals surface area contributed by atoms with E-state index in [-0.39, 0.29) is 10.7 Å². The van der Waals surface area contributed by atoms with E-state index in [1.807, 2.05) is 4.90 Å². The van der Waals surface area contributed by atoms with Crippen molar-refractivity contribution in [3.8, 4) is 0 Å². The first kappa shape index (κ1) is 17.7. The Balaban J connectivity index is 1.84. The average Bonchev–Trinajstić information content (AvgIpc) is 2.71. The molecule has 0 spiro atoms. The standard InChI is InChI=1S/C21H20N2O3S/c24-21-18-12-6-5-11-17(18)19(15-20(21)23-13-7-2-8-14-23)22-27(25,26)16-9-3-1-4-10-16/h1,3-6,9-12,15H,2,7-8,13-14H2/b22-19-. The molecule has 4 rings (SSSR count). The van der Waals surface area contributed by atoms with Gasteiger partial charge in [-0.25, -0.2) is 0 Å². The van der Waals surface area contributed by atoms with E-state index < -0.39 is 10.0 Å². The molecular formula is C21H20N2O3S. The van der Waals surface area contributed by atoms with Crippen molar-refractivity contribution in [1.82, 2.24) is 4.90 Å². The Labute approximate surface area is 159 Å². The molecule has 6 heteroatoms. The topological polar surface area (TPSA) is 66.8 Å². The van der Waals surface area contributed by atoms with Gasteiger partial charge in [-0.05, 0) is 37.5 Å². The van der Waals surface area contributed by atoms with Gasteiger partial charge in [0.2, 0.25) is 5.78 Å². The third-order valence-electron chi connectivity index (χ3n) is 4.91. The van der Waals surface area contributed by atoms with Crippen LogP contribution in [0.5, 0.6) is 0 Å². The van der Waals surface area contributed by atoms with Gasteiger partial charge in [-0.3, -0.25) is 4.79 Å². The van der Waals surface area contributed by atoms with Crippen molar-refractivity contribution in [1.29, 1.82) is 0 Å². The first-order valence-corrected chi connectivity index (χ1v) is 10.5. The second-order valence-electron chi connectivity index (χ2n) is 6.72. The highest BCUT2D eigenvalue weighted by atomic mass is 32.2. The fraction of sp³-hybridized carbons (Fsp3) is 0.238. The molecule has 0 radical (unpaired) electrons. The van der Waals surface area contributed by atoms with Crippen LogP contribution in [0.1, 0.15) is 35.2 Å². The number of carbonyl (C=O) groups excluding carboxylic acids is 1. The van der Waals surface area contributed by atoms with Crippen LogP contribution in [0.15, 0.2) is 75.7 Å². The zero-order valence-corrected chi connectivity index (χ0v) is 15.7. The highest BCUT2D eigenvalue weighted by Crippen LogP contribution is 2.27. The number of ketones is 1. The lowest BCUT2D eigenvalue weighted by Crippen LogP contribution is -2.35. The number of hydrogen-bond acceptors (Lipinski definition) is 4. The van der Waals surface area contributed by atoms with Crippen LogP contribution in [0.4, 0.5) is 0 Å². The van der Waals surface area contributed by atoms with Gasteiger partial charge in [-0.2, -0.15) is 12.8 Å². The Morgan fingerprint density at radius 2 is 1.44 bits per heavy atom. The van der Waals surface area contributed by atoms with Gasteiger partial charge in [0.15, 0.2) is 0 Å². The fourth-order valence-electron chi connectivity index (χ4n) is 3.54. The third kappa shape index (κ3) is 3.45. The smallest absolute Gasteiger partial charge is 0.282 e. The summed E-state index contributed by atoms with van der Waals surface area (Å²) in [6, 6.07) is 15.2. The van der Waals surface area contributed by atoms with Gasteiger partial charge in [0, 0.05) is 24.2 Å². The highest BCUT2D eigenvalue weighted by Gasteiger charge is 2.29. The molecule has 27 heavy (non-hydrogen) atoms. The largest absolute Gasteiger partial charge is 0.368 e. The third-order valence-corrected chi connectivity index (χ3v) is 6.22. The number of hydrogen-bond donors (Lipinski definition) is 0. The molecule has 0 amide bonds. The molecule has 0 atom stereocenters. The van der Waals surface area contributed by atoms with E-state index in [1.54, 1.807) is 48.5 Å². The number of carbonyl (C=O) groups is 1. The summed E-state index contributed by atoms with van der Waals surface area (Å²) in [5.74, 6) is -0.0661. The number of rotatable bonds is 3. The molecule has 0 aromatic heterocycles. The number of sulfonamides is 1. The monoisotopic (exact) mass is 380 g/mol. The number of piperidine rings is 1. The molecule has 1 aliphatic carbocycles. The number of likely N-dealkylation sites (tertiary alicyclic amines) is 1. The summed E-state index contributed by atoms with van der Waals surface area (Å²) in [4.78, 5) is 15.2. The van der Waals surface area contributed by atoms with Crippen molar-refractivity contribution in [3.63, 3.8) is 0 Å². The lowest BCUT2D eigenvalue weighted by molar-refractivity contribution is 0.0982. The molecule has 2 aromatic carbocycles. The molecule has 1 fully saturated rings. The molecule has 0 unspecified atom stereocenters. The number of allylic oxidation sites excluding steroid dienone is 2. The molecule has 0 saturated carbocycles. The maximum Gasteiger partial charge on any atom is 0.282 e. The average molecular weight is 380 g/mol. The molecule has 1 saturated heterocycles. The van der Waals surface area contributed by atoms with Crippen LogP contribution in [-0.2, 0) is 10.0 Å². The minimum atomic E-state index is -3.86. The van der Waals surface area contributed by atoms with Gasteiger partial charge in [0.1, 0.15) is 0 Å². The summed E-state index contributed by atoms with van der Waals surface area (Å²) < 4.78 is 29.6. The summed E-state index contributed by atoms with van der Waals surface area (Å²) in [6.07, 6.45) is 4.84. The molecule has 2 aliphatic rings. The quantitative estimate of drug-likeness (QED) is 0.818. The minimum Gasteiger partial charge on any atom is -0.368 e. The van der Waals surface area contributed by atoms with Crippen molar-refractivity contribution in [2.75, 3.05) is 13.1 Å². The van der Waals surface area contributed by atoms with Crippen LogP contribution in [0.2, 0.25) is 0 Å². The second-order valence-corrected chi connectivity index (χ2v) is 8.32. The van der Waals surface area contributed by atoms with E-state index in [1.165, 1.54) is 12.1 Å². The summed E-state index contributed by atoms with van der Waals surface area (Å²) >= 11 is 0. The van der Waals surface area contributed by atoms with Gasteiger partial charge in [0.25, 0.3) is 10.0 Å². The Hall–Kier alpha value is -2.73. The Kier molecular flexibility index (Phi) is 4.66. The van der Waals surface area contributed by atoms with Gasteiger partial charge in [-0.1, -0.05) is 42.5 Å². The normalized spacial score (nSPS) is 19.0.